The van der Waals surface area contributed by atoms with E-state index in [1.54, 1.807) is 12.1 Å². The van der Waals surface area contributed by atoms with Gasteiger partial charge in [0.05, 0.1) is 0 Å². The first kappa shape index (κ1) is 10.3. The molecule has 2 N–H and O–H groups in total. The van der Waals surface area contributed by atoms with E-state index in [1.807, 2.05) is 19.1 Å². The van der Waals surface area contributed by atoms with Gasteiger partial charge >= 0.3 is 18.9 Å². The molecule has 1 aromatic rings. The molecule has 0 aromatic heterocycles. The molecule has 0 heterocycles. The third-order valence-corrected chi connectivity index (χ3v) is 1.41. The van der Waals surface area contributed by atoms with E-state index in [0.717, 1.165) is 5.56 Å². The fourth-order valence-corrected chi connectivity index (χ4v) is 0.849. The maximum Gasteiger partial charge on any atom is 1.00 e. The van der Waals surface area contributed by atoms with Gasteiger partial charge in [-0.15, -0.1) is 0 Å². The third kappa shape index (κ3) is 2.42. The predicted octanol–water partition coefficient (Wildman–Crippen LogP) is -1.79. The summed E-state index contributed by atoms with van der Waals surface area (Å²) < 4.78 is 0. The second-order valence-electron chi connectivity index (χ2n) is 2.18. The Morgan fingerprint density at radius 2 is 2.00 bits per heavy atom. The maximum absolute atomic E-state index is 10.6. The Morgan fingerprint density at radius 3 is 2.36 bits per heavy atom. The molecule has 0 aliphatic carbocycles. The Kier molecular flexibility index (Phi) is 3.95. The standard InChI is InChI=1S/C8H9NO.Li.H/c1-6-4-2-3-5-7(6)8(9)10;;/h2-5H,1H3,(H2,9,10);;/q;+1;-1. The zero-order chi connectivity index (χ0) is 7.56. The average molecular weight is 143 g/mol. The summed E-state index contributed by atoms with van der Waals surface area (Å²) in [5.74, 6) is -0.363. The molecule has 1 aromatic carbocycles. The number of amides is 1. The molecular formula is C8H10LiNO. The number of hydrogen-bond acceptors (Lipinski definition) is 1. The molecule has 0 fully saturated rings. The van der Waals surface area contributed by atoms with Crippen LogP contribution in [0.5, 0.6) is 0 Å². The molecule has 0 saturated carbocycles. The summed E-state index contributed by atoms with van der Waals surface area (Å²) in [6, 6.07) is 7.26. The summed E-state index contributed by atoms with van der Waals surface area (Å²) in [5.41, 5.74) is 6.60. The molecular weight excluding hydrogens is 133 g/mol. The molecule has 0 unspecified atom stereocenters. The molecule has 54 valence electrons. The number of carbonyl (C=O) groups is 1. The van der Waals surface area contributed by atoms with Crippen LogP contribution < -0.4 is 24.6 Å². The van der Waals surface area contributed by atoms with Gasteiger partial charge in [0.15, 0.2) is 0 Å². The largest absolute Gasteiger partial charge is 1.00 e. The maximum atomic E-state index is 10.6. The van der Waals surface area contributed by atoms with Gasteiger partial charge in [0.2, 0.25) is 5.91 Å². The second kappa shape index (κ2) is 4.22. The summed E-state index contributed by atoms with van der Waals surface area (Å²) >= 11 is 0. The number of carbonyl (C=O) groups excluding carboxylic acids is 1. The van der Waals surface area contributed by atoms with Crippen LogP contribution in [0.3, 0.4) is 0 Å². The van der Waals surface area contributed by atoms with E-state index < -0.39 is 0 Å². The monoisotopic (exact) mass is 143 g/mol. The first-order chi connectivity index (χ1) is 4.72. The van der Waals surface area contributed by atoms with Crippen molar-refractivity contribution in [3.05, 3.63) is 35.4 Å². The number of aryl methyl sites for hydroxylation is 1. The van der Waals surface area contributed by atoms with Crippen LogP contribution >= 0.6 is 0 Å². The summed E-state index contributed by atoms with van der Waals surface area (Å²) in [7, 11) is 0. The minimum atomic E-state index is -0.363. The zero-order valence-corrected chi connectivity index (χ0v) is 6.79. The number of hydrogen-bond donors (Lipinski definition) is 1. The van der Waals surface area contributed by atoms with E-state index in [1.165, 1.54) is 0 Å². The molecule has 2 nitrogen and oxygen atoms in total. The van der Waals surface area contributed by atoms with Crippen molar-refractivity contribution < 1.29 is 25.1 Å². The molecule has 0 aliphatic heterocycles. The van der Waals surface area contributed by atoms with E-state index >= 15 is 0 Å². The SMILES string of the molecule is Cc1ccccc1C(N)=O.[H-].[Li+]. The summed E-state index contributed by atoms with van der Waals surface area (Å²) in [4.78, 5) is 10.6. The molecule has 0 saturated heterocycles. The van der Waals surface area contributed by atoms with Crippen molar-refractivity contribution >= 4 is 5.91 Å². The number of benzene rings is 1. The van der Waals surface area contributed by atoms with E-state index in [-0.39, 0.29) is 26.2 Å². The second-order valence-corrected chi connectivity index (χ2v) is 2.18. The Balaban J connectivity index is 0. The van der Waals surface area contributed by atoms with E-state index in [4.69, 9.17) is 5.73 Å². The van der Waals surface area contributed by atoms with Gasteiger partial charge in [-0.2, -0.15) is 0 Å². The van der Waals surface area contributed by atoms with Crippen molar-refractivity contribution in [3.63, 3.8) is 0 Å². The van der Waals surface area contributed by atoms with E-state index in [9.17, 15) is 4.79 Å². The fourth-order valence-electron chi connectivity index (χ4n) is 0.849. The van der Waals surface area contributed by atoms with E-state index in [2.05, 4.69) is 0 Å². The van der Waals surface area contributed by atoms with Crippen molar-refractivity contribution in [2.45, 2.75) is 6.92 Å². The van der Waals surface area contributed by atoms with Gasteiger partial charge in [0.1, 0.15) is 0 Å². The quantitative estimate of drug-likeness (QED) is 0.463. The van der Waals surface area contributed by atoms with Crippen molar-refractivity contribution in [1.29, 1.82) is 0 Å². The van der Waals surface area contributed by atoms with Crippen LogP contribution in [0.2, 0.25) is 0 Å². The summed E-state index contributed by atoms with van der Waals surface area (Å²) in [6.45, 7) is 1.86. The molecule has 11 heavy (non-hydrogen) atoms. The Morgan fingerprint density at radius 1 is 1.45 bits per heavy atom. The van der Waals surface area contributed by atoms with Gasteiger partial charge in [-0.05, 0) is 18.6 Å². The predicted molar refractivity (Wildman–Crippen MR) is 40.8 cm³/mol. The van der Waals surface area contributed by atoms with Gasteiger partial charge in [0, 0.05) is 5.56 Å². The Hall–Kier alpha value is -0.713. The van der Waals surface area contributed by atoms with Crippen LogP contribution in [0.4, 0.5) is 0 Å². The van der Waals surface area contributed by atoms with E-state index in [0.29, 0.717) is 5.56 Å². The molecule has 0 aliphatic rings. The molecule has 0 radical (unpaired) electrons. The Labute approximate surface area is 79.4 Å². The van der Waals surface area contributed by atoms with Gasteiger partial charge in [-0.1, -0.05) is 18.2 Å². The van der Waals surface area contributed by atoms with Crippen LogP contribution in [0, 0.1) is 6.92 Å². The molecule has 1 amide bonds. The first-order valence-electron chi connectivity index (χ1n) is 3.07. The van der Waals surface area contributed by atoms with Crippen LogP contribution in [0.15, 0.2) is 24.3 Å². The van der Waals surface area contributed by atoms with Gasteiger partial charge in [-0.3, -0.25) is 4.79 Å². The first-order valence-corrected chi connectivity index (χ1v) is 3.07. The van der Waals surface area contributed by atoms with Crippen LogP contribution in [0.25, 0.3) is 0 Å². The van der Waals surface area contributed by atoms with Crippen molar-refractivity contribution in [2.24, 2.45) is 5.73 Å². The molecule has 1 rings (SSSR count). The van der Waals surface area contributed by atoms with Crippen molar-refractivity contribution in [3.8, 4) is 0 Å². The number of nitrogens with two attached hydrogens (primary N) is 1. The smallest absolute Gasteiger partial charge is 1.00 e. The van der Waals surface area contributed by atoms with Crippen LogP contribution in [-0.2, 0) is 0 Å². The molecule has 0 bridgehead atoms. The average Bonchev–Trinajstić information content (AvgIpc) is 1.88. The third-order valence-electron chi connectivity index (χ3n) is 1.41. The Bertz CT molecular complexity index is 265. The van der Waals surface area contributed by atoms with Crippen LogP contribution in [-0.4, -0.2) is 5.91 Å². The molecule has 0 atom stereocenters. The normalized spacial score (nSPS) is 8.45. The zero-order valence-electron chi connectivity index (χ0n) is 7.79. The van der Waals surface area contributed by atoms with Gasteiger partial charge in [0.25, 0.3) is 0 Å². The summed E-state index contributed by atoms with van der Waals surface area (Å²) in [6.07, 6.45) is 0. The van der Waals surface area contributed by atoms with Crippen LogP contribution in [0.1, 0.15) is 17.3 Å². The van der Waals surface area contributed by atoms with Gasteiger partial charge < -0.3 is 7.16 Å². The summed E-state index contributed by atoms with van der Waals surface area (Å²) in [5, 5.41) is 0. The minimum absolute atomic E-state index is 0. The molecule has 3 heteroatoms. The fraction of sp³-hybridized carbons (Fsp3) is 0.125. The minimum Gasteiger partial charge on any atom is -1.00 e. The molecule has 0 spiro atoms. The van der Waals surface area contributed by atoms with Gasteiger partial charge in [-0.25, -0.2) is 0 Å². The van der Waals surface area contributed by atoms with Crippen molar-refractivity contribution in [1.82, 2.24) is 0 Å². The number of primary amides is 1. The van der Waals surface area contributed by atoms with Crippen molar-refractivity contribution in [2.75, 3.05) is 0 Å². The number of rotatable bonds is 1. The topological polar surface area (TPSA) is 43.1 Å².